The maximum atomic E-state index is 11.6. The number of non-ortho nitro benzene ring substituents is 2. The van der Waals surface area contributed by atoms with Crippen LogP contribution in [0.5, 0.6) is 0 Å². The summed E-state index contributed by atoms with van der Waals surface area (Å²) in [6.07, 6.45) is 4.28. The van der Waals surface area contributed by atoms with Gasteiger partial charge in [-0.3, -0.25) is 29.6 Å². The summed E-state index contributed by atoms with van der Waals surface area (Å²) in [5.74, 6) is 12.8. The molecule has 12 nitrogen and oxygen atoms in total. The minimum absolute atomic E-state index is 0.0422. The minimum Gasteiger partial charge on any atom is -0.384 e. The maximum Gasteiger partial charge on any atom is 0.270 e. The first-order valence-electron chi connectivity index (χ1n) is 15.2. The van der Waals surface area contributed by atoms with E-state index in [1.807, 2.05) is 53.9 Å². The lowest BCUT2D eigenvalue weighted by molar-refractivity contribution is -0.385. The van der Waals surface area contributed by atoms with Gasteiger partial charge in [-0.1, -0.05) is 23.7 Å². The molecular formula is C35H40N8O4. The van der Waals surface area contributed by atoms with E-state index in [0.717, 1.165) is 0 Å². The van der Waals surface area contributed by atoms with Crippen molar-refractivity contribution >= 4 is 22.7 Å². The number of nitrogens with one attached hydrogen (secondary N) is 2. The SMILES string of the molecule is Cn1cc(C#CC(C)(C)C)c(-c2cc([N+](=O)[O-])ccc2NCCCNc2ccc([N+](=O)[O-])cc2-c2nn(C)cc2C#CC(C)(C)C)n1. The molecule has 4 aromatic rings. The van der Waals surface area contributed by atoms with E-state index in [1.54, 1.807) is 35.6 Å². The largest absolute Gasteiger partial charge is 0.384 e. The van der Waals surface area contributed by atoms with E-state index in [2.05, 4.69) is 44.5 Å². The Bertz CT molecular complexity index is 1800. The first kappa shape index (κ1) is 34.3. The first-order valence-corrected chi connectivity index (χ1v) is 15.2. The second-order valence-corrected chi connectivity index (χ2v) is 13.3. The summed E-state index contributed by atoms with van der Waals surface area (Å²) in [6, 6.07) is 9.33. The fourth-order valence-corrected chi connectivity index (χ4v) is 4.59. The van der Waals surface area contributed by atoms with Crippen LogP contribution in [0.25, 0.3) is 22.5 Å². The van der Waals surface area contributed by atoms with Gasteiger partial charge in [0.2, 0.25) is 0 Å². The number of nitrogens with zero attached hydrogens (tertiary/aromatic N) is 6. The summed E-state index contributed by atoms with van der Waals surface area (Å²) in [7, 11) is 3.58. The Balaban J connectivity index is 1.56. The van der Waals surface area contributed by atoms with Crippen LogP contribution in [0.1, 0.15) is 59.1 Å². The number of aryl methyl sites for hydroxylation is 2. The second kappa shape index (κ2) is 13.8. The average Bonchev–Trinajstić information content (AvgIpc) is 3.55. The Labute approximate surface area is 274 Å². The summed E-state index contributed by atoms with van der Waals surface area (Å²) in [5.41, 5.74) is 4.49. The number of hydrogen-bond donors (Lipinski definition) is 2. The molecule has 2 aromatic carbocycles. The lowest BCUT2D eigenvalue weighted by Gasteiger charge is -2.14. The molecule has 0 radical (unpaired) electrons. The van der Waals surface area contributed by atoms with Crippen LogP contribution in [0.2, 0.25) is 0 Å². The summed E-state index contributed by atoms with van der Waals surface area (Å²) in [4.78, 5) is 22.4. The Kier molecular flexibility index (Phi) is 10.1. The van der Waals surface area contributed by atoms with Crippen LogP contribution in [0.15, 0.2) is 48.8 Å². The predicted octanol–water partition coefficient (Wildman–Crippen LogP) is 7.01. The van der Waals surface area contributed by atoms with E-state index in [4.69, 9.17) is 0 Å². The van der Waals surface area contributed by atoms with Gasteiger partial charge in [-0.25, -0.2) is 0 Å². The molecule has 0 spiro atoms. The van der Waals surface area contributed by atoms with Crippen LogP contribution in [0.3, 0.4) is 0 Å². The van der Waals surface area contributed by atoms with Gasteiger partial charge < -0.3 is 10.6 Å². The smallest absolute Gasteiger partial charge is 0.270 e. The summed E-state index contributed by atoms with van der Waals surface area (Å²) >= 11 is 0. The van der Waals surface area contributed by atoms with Crippen LogP contribution < -0.4 is 10.6 Å². The van der Waals surface area contributed by atoms with Crippen molar-refractivity contribution in [3.05, 3.63) is 80.1 Å². The Hall–Kier alpha value is -5.62. The highest BCUT2D eigenvalue weighted by atomic mass is 16.6. The zero-order valence-corrected chi connectivity index (χ0v) is 28.1. The third-order valence-corrected chi connectivity index (χ3v) is 6.72. The number of hydrogen-bond acceptors (Lipinski definition) is 8. The lowest BCUT2D eigenvalue weighted by atomic mass is 9.97. The summed E-state index contributed by atoms with van der Waals surface area (Å²) in [6.45, 7) is 13.1. The zero-order valence-electron chi connectivity index (χ0n) is 28.1. The molecule has 0 bridgehead atoms. The Morgan fingerprint density at radius 2 is 1.09 bits per heavy atom. The molecule has 2 heterocycles. The molecule has 0 amide bonds. The van der Waals surface area contributed by atoms with Crippen LogP contribution in [-0.2, 0) is 14.1 Å². The van der Waals surface area contributed by atoms with E-state index >= 15 is 0 Å². The number of rotatable bonds is 10. The quantitative estimate of drug-likeness (QED) is 0.0818. The van der Waals surface area contributed by atoms with Gasteiger partial charge in [-0.05, 0) is 60.1 Å². The van der Waals surface area contributed by atoms with E-state index in [1.165, 1.54) is 24.3 Å². The van der Waals surface area contributed by atoms with Crippen molar-refractivity contribution < 1.29 is 9.85 Å². The molecule has 244 valence electrons. The molecule has 0 aliphatic carbocycles. The van der Waals surface area contributed by atoms with Gasteiger partial charge in [0.1, 0.15) is 11.4 Å². The Morgan fingerprint density at radius 3 is 1.43 bits per heavy atom. The maximum absolute atomic E-state index is 11.6. The minimum atomic E-state index is -0.426. The molecule has 12 heteroatoms. The van der Waals surface area contributed by atoms with E-state index in [9.17, 15) is 20.2 Å². The highest BCUT2D eigenvalue weighted by Gasteiger charge is 2.20. The molecular weight excluding hydrogens is 596 g/mol. The second-order valence-electron chi connectivity index (χ2n) is 13.3. The lowest BCUT2D eigenvalue weighted by Crippen LogP contribution is -2.11. The summed E-state index contributed by atoms with van der Waals surface area (Å²) in [5, 5.41) is 39.3. The Morgan fingerprint density at radius 1 is 0.702 bits per heavy atom. The van der Waals surface area contributed by atoms with E-state index < -0.39 is 9.85 Å². The van der Waals surface area contributed by atoms with Crippen molar-refractivity contribution in [3.63, 3.8) is 0 Å². The van der Waals surface area contributed by atoms with Crippen LogP contribution in [-0.4, -0.2) is 42.5 Å². The van der Waals surface area contributed by atoms with Gasteiger partial charge in [0.15, 0.2) is 0 Å². The van der Waals surface area contributed by atoms with Crippen molar-refractivity contribution in [2.24, 2.45) is 24.9 Å². The molecule has 0 saturated carbocycles. The molecule has 2 N–H and O–H groups in total. The van der Waals surface area contributed by atoms with Gasteiger partial charge in [-0.2, -0.15) is 10.2 Å². The molecule has 4 rings (SSSR count). The molecule has 2 aromatic heterocycles. The highest BCUT2D eigenvalue weighted by molar-refractivity contribution is 5.82. The molecule has 0 unspecified atom stereocenters. The molecule has 0 atom stereocenters. The number of benzene rings is 2. The zero-order chi connectivity index (χ0) is 34.5. The van der Waals surface area contributed by atoms with Crippen molar-refractivity contribution in [1.29, 1.82) is 0 Å². The van der Waals surface area contributed by atoms with Crippen molar-refractivity contribution in [1.82, 2.24) is 19.6 Å². The average molecular weight is 637 g/mol. The van der Waals surface area contributed by atoms with Gasteiger partial charge in [0.25, 0.3) is 11.4 Å². The fraction of sp³-hybridized carbons (Fsp3) is 0.371. The molecule has 0 aliphatic heterocycles. The van der Waals surface area contributed by atoms with E-state index in [-0.39, 0.29) is 22.2 Å². The van der Waals surface area contributed by atoms with E-state index in [0.29, 0.717) is 64.5 Å². The van der Waals surface area contributed by atoms with Crippen LogP contribution in [0.4, 0.5) is 22.7 Å². The van der Waals surface area contributed by atoms with Crippen molar-refractivity contribution in [2.75, 3.05) is 23.7 Å². The monoisotopic (exact) mass is 636 g/mol. The normalized spacial score (nSPS) is 11.2. The predicted molar refractivity (Wildman–Crippen MR) is 185 cm³/mol. The molecule has 0 fully saturated rings. The molecule has 0 aliphatic rings. The number of nitro groups is 2. The molecule has 47 heavy (non-hydrogen) atoms. The van der Waals surface area contributed by atoms with Gasteiger partial charge in [0, 0.05) is 97.2 Å². The van der Waals surface area contributed by atoms with Gasteiger partial charge in [0.05, 0.1) is 21.0 Å². The fourth-order valence-electron chi connectivity index (χ4n) is 4.59. The topological polar surface area (TPSA) is 146 Å². The third-order valence-electron chi connectivity index (χ3n) is 6.72. The first-order chi connectivity index (χ1) is 22.0. The molecule has 0 saturated heterocycles. The van der Waals surface area contributed by atoms with Crippen LogP contribution in [0, 0.1) is 54.7 Å². The number of aromatic nitrogens is 4. The van der Waals surface area contributed by atoms with Crippen molar-refractivity contribution in [3.8, 4) is 46.2 Å². The number of nitro benzene ring substituents is 2. The van der Waals surface area contributed by atoms with Gasteiger partial charge >= 0.3 is 0 Å². The highest BCUT2D eigenvalue weighted by Crippen LogP contribution is 2.34. The van der Waals surface area contributed by atoms with Crippen LogP contribution >= 0.6 is 0 Å². The van der Waals surface area contributed by atoms with Gasteiger partial charge in [-0.15, -0.1) is 0 Å². The number of anilines is 2. The van der Waals surface area contributed by atoms with Crippen molar-refractivity contribution in [2.45, 2.75) is 48.0 Å². The third kappa shape index (κ3) is 9.21. The summed E-state index contributed by atoms with van der Waals surface area (Å²) < 4.78 is 3.30. The standard InChI is InChI=1S/C35H40N8O4/c1-34(2,3)16-14-24-22-40(7)38-32(24)28-20-26(42(44)45)10-12-30(28)36-18-9-19-37-31-13-11-27(43(46)47)21-29(31)33-25(23-41(8)39-33)15-17-35(4,5)6/h10-13,20-23,36-37H,9,18-19H2,1-8H3.